The second-order valence-electron chi connectivity index (χ2n) is 6.44. The smallest absolute Gasteiger partial charge is 0.437 e. The Labute approximate surface area is 184 Å². The van der Waals surface area contributed by atoms with E-state index in [1.54, 1.807) is 24.4 Å². The van der Waals surface area contributed by atoms with Crippen LogP contribution in [0.1, 0.15) is 17.3 Å². The van der Waals surface area contributed by atoms with Gasteiger partial charge < -0.3 is 18.9 Å². The third kappa shape index (κ3) is 4.37. The number of benzene rings is 1. The van der Waals surface area contributed by atoms with Crippen LogP contribution in [0.15, 0.2) is 61.7 Å². The van der Waals surface area contributed by atoms with Gasteiger partial charge in [0.2, 0.25) is 11.8 Å². The normalized spacial score (nSPS) is 10.8. The van der Waals surface area contributed by atoms with E-state index in [4.69, 9.17) is 13.6 Å². The number of hydrogen-bond donors (Lipinski definition) is 1. The zero-order valence-electron chi connectivity index (χ0n) is 16.7. The topological polar surface area (TPSA) is 117 Å². The highest BCUT2D eigenvalue weighted by Crippen LogP contribution is 2.36. The molecule has 0 aliphatic carbocycles. The molecule has 164 valence electrons. The Morgan fingerprint density at radius 3 is 2.72 bits per heavy atom. The van der Waals surface area contributed by atoms with E-state index < -0.39 is 30.0 Å². The number of rotatable bonds is 7. The van der Waals surface area contributed by atoms with Crippen LogP contribution in [0.2, 0.25) is 0 Å². The molecule has 32 heavy (non-hydrogen) atoms. The number of amides is 1. The van der Waals surface area contributed by atoms with E-state index in [0.29, 0.717) is 16.9 Å². The number of ether oxygens (including phenoxy) is 1. The van der Waals surface area contributed by atoms with Gasteiger partial charge in [-0.05, 0) is 43.3 Å². The van der Waals surface area contributed by atoms with E-state index in [9.17, 15) is 18.8 Å². The van der Waals surface area contributed by atoms with Crippen LogP contribution in [0.5, 0.6) is 0 Å². The number of carbonyl (C=O) groups is 2. The summed E-state index contributed by atoms with van der Waals surface area (Å²) in [6.45, 7) is 1.37. The fourth-order valence-corrected chi connectivity index (χ4v) is 3.84. The third-order valence-electron chi connectivity index (χ3n) is 4.30. The van der Waals surface area contributed by atoms with Crippen molar-refractivity contribution < 1.29 is 27.6 Å². The minimum atomic E-state index is -0.854. The van der Waals surface area contributed by atoms with Gasteiger partial charge in [-0.25, -0.2) is 14.0 Å². The number of furan rings is 1. The molecule has 0 radical (unpaired) electrons. The van der Waals surface area contributed by atoms with Crippen molar-refractivity contribution in [1.82, 2.24) is 9.78 Å². The van der Waals surface area contributed by atoms with Gasteiger partial charge in [0.1, 0.15) is 28.7 Å². The number of nitrogens with one attached hydrogen (secondary N) is 1. The van der Waals surface area contributed by atoms with Gasteiger partial charge in [0.05, 0.1) is 12.9 Å². The Bertz CT molecular complexity index is 1300. The maximum atomic E-state index is 13.1. The van der Waals surface area contributed by atoms with Crippen LogP contribution in [-0.4, -0.2) is 28.3 Å². The summed E-state index contributed by atoms with van der Waals surface area (Å²) >= 11 is 1.12. The summed E-state index contributed by atoms with van der Waals surface area (Å²) in [4.78, 5) is 37.2. The third-order valence-corrected chi connectivity index (χ3v) is 5.20. The second-order valence-corrected chi connectivity index (χ2v) is 7.32. The molecule has 0 fully saturated rings. The van der Waals surface area contributed by atoms with Gasteiger partial charge in [-0.15, -0.1) is 16.4 Å². The quantitative estimate of drug-likeness (QED) is 0.420. The Hall–Kier alpha value is -3.99. The van der Waals surface area contributed by atoms with E-state index in [1.807, 2.05) is 0 Å². The van der Waals surface area contributed by atoms with E-state index >= 15 is 0 Å². The summed E-state index contributed by atoms with van der Waals surface area (Å²) in [5.41, 5.74) is 1.01. The molecule has 9 nitrogen and oxygen atoms in total. The van der Waals surface area contributed by atoms with Gasteiger partial charge >= 0.3 is 11.7 Å². The Kier molecular flexibility index (Phi) is 5.99. The molecule has 0 spiro atoms. The number of carbonyl (C=O) groups excluding carboxylic acids is 2. The van der Waals surface area contributed by atoms with Crippen LogP contribution >= 0.6 is 11.3 Å². The largest absolute Gasteiger partial charge is 0.464 e. The first-order chi connectivity index (χ1) is 15.5. The molecule has 0 aliphatic heterocycles. The second kappa shape index (κ2) is 9.02. The molecule has 3 heterocycles. The van der Waals surface area contributed by atoms with E-state index in [1.165, 1.54) is 30.5 Å². The minimum Gasteiger partial charge on any atom is -0.464 e. The van der Waals surface area contributed by atoms with Gasteiger partial charge in [-0.2, -0.15) is 4.68 Å². The standard InChI is InChI=1S/C21H16FN3O6S/c1-2-29-20(27)17-14(15-4-3-9-30-15)11-32-19(17)23-16(26)10-25-21(28)31-18(24-25)12-5-7-13(22)8-6-12/h3-9,11H,2,10H2,1H3,(H,23,26). The predicted molar refractivity (Wildman–Crippen MR) is 113 cm³/mol. The molecule has 0 saturated heterocycles. The number of aromatic nitrogens is 2. The zero-order chi connectivity index (χ0) is 22.7. The number of esters is 1. The average Bonchev–Trinajstić information content (AvgIpc) is 3.49. The van der Waals surface area contributed by atoms with Gasteiger partial charge in [0.15, 0.2) is 0 Å². The monoisotopic (exact) mass is 457 g/mol. The summed E-state index contributed by atoms with van der Waals surface area (Å²) in [7, 11) is 0. The number of nitrogens with zero attached hydrogens (tertiary/aromatic N) is 2. The van der Waals surface area contributed by atoms with Gasteiger partial charge in [0.25, 0.3) is 0 Å². The summed E-state index contributed by atoms with van der Waals surface area (Å²) in [6.07, 6.45) is 1.47. The Morgan fingerprint density at radius 2 is 2.03 bits per heavy atom. The van der Waals surface area contributed by atoms with Crippen molar-refractivity contribution in [2.24, 2.45) is 0 Å². The molecule has 0 atom stereocenters. The predicted octanol–water partition coefficient (Wildman–Crippen LogP) is 3.78. The number of anilines is 1. The van der Waals surface area contributed by atoms with E-state index in [2.05, 4.69) is 10.4 Å². The Morgan fingerprint density at radius 1 is 1.25 bits per heavy atom. The van der Waals surface area contributed by atoms with Crippen molar-refractivity contribution in [1.29, 1.82) is 0 Å². The highest BCUT2D eigenvalue weighted by molar-refractivity contribution is 7.15. The molecule has 1 aromatic carbocycles. The average molecular weight is 457 g/mol. The highest BCUT2D eigenvalue weighted by Gasteiger charge is 2.24. The van der Waals surface area contributed by atoms with Crippen LogP contribution in [-0.2, 0) is 16.1 Å². The number of thiophene rings is 1. The van der Waals surface area contributed by atoms with Crippen LogP contribution in [0.3, 0.4) is 0 Å². The lowest BCUT2D eigenvalue weighted by Crippen LogP contribution is -2.26. The fraction of sp³-hybridized carbons (Fsp3) is 0.143. The van der Waals surface area contributed by atoms with Crippen molar-refractivity contribution in [2.75, 3.05) is 11.9 Å². The van der Waals surface area contributed by atoms with Crippen LogP contribution in [0.25, 0.3) is 22.8 Å². The minimum absolute atomic E-state index is 0.0498. The molecule has 3 aromatic heterocycles. The summed E-state index contributed by atoms with van der Waals surface area (Å²) in [6, 6.07) is 8.56. The molecule has 4 rings (SSSR count). The lowest BCUT2D eigenvalue weighted by molar-refractivity contribution is -0.117. The van der Waals surface area contributed by atoms with Crippen molar-refractivity contribution in [3.05, 3.63) is 70.0 Å². The first-order valence-electron chi connectivity index (χ1n) is 9.42. The van der Waals surface area contributed by atoms with Gasteiger partial charge in [0, 0.05) is 16.5 Å². The molecule has 0 unspecified atom stereocenters. The first kappa shape index (κ1) is 21.2. The maximum absolute atomic E-state index is 13.1. The molecule has 0 aliphatic rings. The van der Waals surface area contributed by atoms with Crippen molar-refractivity contribution in [3.8, 4) is 22.8 Å². The van der Waals surface area contributed by atoms with Gasteiger partial charge in [-0.3, -0.25) is 4.79 Å². The molecule has 1 amide bonds. The highest BCUT2D eigenvalue weighted by atomic mass is 32.1. The molecule has 1 N–H and O–H groups in total. The first-order valence-corrected chi connectivity index (χ1v) is 10.3. The summed E-state index contributed by atoms with van der Waals surface area (Å²) in [5, 5.41) is 8.49. The number of hydrogen-bond acceptors (Lipinski definition) is 8. The molecule has 0 saturated carbocycles. The van der Waals surface area contributed by atoms with Crippen molar-refractivity contribution in [2.45, 2.75) is 13.5 Å². The summed E-state index contributed by atoms with van der Waals surface area (Å²) < 4.78 is 29.4. The van der Waals surface area contributed by atoms with E-state index in [-0.39, 0.29) is 23.1 Å². The van der Waals surface area contributed by atoms with Crippen molar-refractivity contribution >= 4 is 28.2 Å². The van der Waals surface area contributed by atoms with Crippen molar-refractivity contribution in [3.63, 3.8) is 0 Å². The van der Waals surface area contributed by atoms with Crippen LogP contribution in [0.4, 0.5) is 9.39 Å². The molecule has 4 aromatic rings. The van der Waals surface area contributed by atoms with Crippen LogP contribution < -0.4 is 11.1 Å². The molecule has 0 bridgehead atoms. The Balaban J connectivity index is 1.55. The van der Waals surface area contributed by atoms with Crippen LogP contribution in [0, 0.1) is 5.82 Å². The lowest BCUT2D eigenvalue weighted by Gasteiger charge is -2.07. The summed E-state index contributed by atoms with van der Waals surface area (Å²) in [5.74, 6) is -2.13. The van der Waals surface area contributed by atoms with E-state index in [0.717, 1.165) is 16.0 Å². The fourth-order valence-electron chi connectivity index (χ4n) is 2.89. The molecular weight excluding hydrogens is 441 g/mol. The van der Waals surface area contributed by atoms with Gasteiger partial charge in [-0.1, -0.05) is 0 Å². The number of halogens is 1. The zero-order valence-corrected chi connectivity index (χ0v) is 17.5. The molecule has 11 heteroatoms. The maximum Gasteiger partial charge on any atom is 0.437 e. The molecular formula is C21H16FN3O6S. The SMILES string of the molecule is CCOC(=O)c1c(-c2ccco2)csc1NC(=O)Cn1nc(-c2ccc(F)cc2)oc1=O. The lowest BCUT2D eigenvalue weighted by atomic mass is 10.1.